The number of carbonyl (C=O) groups excluding carboxylic acids is 1. The fourth-order valence-electron chi connectivity index (χ4n) is 2.78. The lowest BCUT2D eigenvalue weighted by atomic mass is 10.2. The molecule has 0 aromatic carbocycles. The van der Waals surface area contributed by atoms with E-state index in [1.807, 2.05) is 31.2 Å². The van der Waals surface area contributed by atoms with E-state index < -0.39 is 0 Å². The second kappa shape index (κ2) is 8.02. The van der Waals surface area contributed by atoms with E-state index in [2.05, 4.69) is 10.3 Å². The summed E-state index contributed by atoms with van der Waals surface area (Å²) in [5, 5.41) is 2.91. The average molecular weight is 345 g/mol. The summed E-state index contributed by atoms with van der Waals surface area (Å²) in [7, 11) is 1.57. The molecule has 0 saturated carbocycles. The molecule has 1 fully saturated rings. The molecule has 1 unspecified atom stereocenters. The normalized spacial score (nSPS) is 17.4. The Morgan fingerprint density at radius 3 is 3.04 bits per heavy atom. The van der Waals surface area contributed by atoms with E-state index in [1.165, 1.54) is 0 Å². The van der Waals surface area contributed by atoms with Crippen LogP contribution in [0.25, 0.3) is 0 Å². The highest BCUT2D eigenvalue weighted by atomic mass is 16.5. The first-order valence-electron chi connectivity index (χ1n) is 8.42. The van der Waals surface area contributed by atoms with Crippen LogP contribution in [-0.4, -0.2) is 42.8 Å². The molecule has 3 rings (SSSR count). The zero-order valence-corrected chi connectivity index (χ0v) is 14.5. The van der Waals surface area contributed by atoms with E-state index >= 15 is 0 Å². The van der Waals surface area contributed by atoms with Crippen LogP contribution in [0.4, 0.5) is 4.79 Å². The summed E-state index contributed by atoms with van der Waals surface area (Å²) in [4.78, 5) is 18.7. The minimum Gasteiger partial charge on any atom is -0.481 e. The topological polar surface area (TPSA) is 76.8 Å². The summed E-state index contributed by atoms with van der Waals surface area (Å²) in [6.07, 6.45) is 0.821. The molecular formula is C18H23N3O4. The number of nitrogens with one attached hydrogen (secondary N) is 1. The second-order valence-corrected chi connectivity index (χ2v) is 5.77. The molecule has 2 aromatic heterocycles. The number of rotatable bonds is 5. The molecule has 1 atom stereocenters. The maximum absolute atomic E-state index is 12.6. The molecule has 0 spiro atoms. The van der Waals surface area contributed by atoms with E-state index in [9.17, 15) is 4.79 Å². The van der Waals surface area contributed by atoms with Crippen molar-refractivity contribution in [2.75, 3.05) is 26.9 Å². The molecule has 2 aromatic rings. The Morgan fingerprint density at radius 1 is 1.40 bits per heavy atom. The zero-order chi connectivity index (χ0) is 17.6. The summed E-state index contributed by atoms with van der Waals surface area (Å²) in [6.45, 7) is 3.83. The summed E-state index contributed by atoms with van der Waals surface area (Å²) >= 11 is 0. The standard InChI is InChI=1S/C18H23N3O4/c1-3-14-7-8-16(25-14)15-12-24-10-9-21(15)18(22)19-11-13-5-4-6-17(20-13)23-2/h4-8,15H,3,9-12H2,1-2H3,(H,19,22). The van der Waals surface area contributed by atoms with Crippen molar-refractivity contribution in [1.82, 2.24) is 15.2 Å². The lowest BCUT2D eigenvalue weighted by Crippen LogP contribution is -2.47. The molecular weight excluding hydrogens is 322 g/mol. The number of methoxy groups -OCH3 is 1. The lowest BCUT2D eigenvalue weighted by Gasteiger charge is -2.34. The van der Waals surface area contributed by atoms with Crippen LogP contribution in [0.1, 0.15) is 30.2 Å². The molecule has 0 radical (unpaired) electrons. The van der Waals surface area contributed by atoms with Crippen LogP contribution in [0.15, 0.2) is 34.7 Å². The van der Waals surface area contributed by atoms with Gasteiger partial charge in [0.15, 0.2) is 0 Å². The van der Waals surface area contributed by atoms with Crippen LogP contribution in [0.2, 0.25) is 0 Å². The molecule has 7 nitrogen and oxygen atoms in total. The number of carbonyl (C=O) groups is 1. The van der Waals surface area contributed by atoms with Crippen molar-refractivity contribution in [3.8, 4) is 5.88 Å². The summed E-state index contributed by atoms with van der Waals surface area (Å²) in [5.74, 6) is 2.19. The minimum absolute atomic E-state index is 0.160. The minimum atomic E-state index is -0.215. The predicted molar refractivity (Wildman–Crippen MR) is 91.4 cm³/mol. The van der Waals surface area contributed by atoms with Crippen LogP contribution in [-0.2, 0) is 17.7 Å². The van der Waals surface area contributed by atoms with Crippen molar-refractivity contribution in [2.45, 2.75) is 25.9 Å². The van der Waals surface area contributed by atoms with Gasteiger partial charge in [-0.25, -0.2) is 9.78 Å². The SMILES string of the molecule is CCc1ccc(C2COCCN2C(=O)NCc2cccc(OC)n2)o1. The highest BCUT2D eigenvalue weighted by molar-refractivity contribution is 5.74. The van der Waals surface area contributed by atoms with Gasteiger partial charge in [0.2, 0.25) is 5.88 Å². The molecule has 1 saturated heterocycles. The largest absolute Gasteiger partial charge is 0.481 e. The second-order valence-electron chi connectivity index (χ2n) is 5.77. The molecule has 3 heterocycles. The van der Waals surface area contributed by atoms with Crippen LogP contribution in [0.3, 0.4) is 0 Å². The number of aromatic nitrogens is 1. The Bertz CT molecular complexity index is 716. The van der Waals surface area contributed by atoms with Crippen LogP contribution in [0, 0.1) is 0 Å². The third-order valence-electron chi connectivity index (χ3n) is 4.16. The van der Waals surface area contributed by atoms with Gasteiger partial charge in [-0.1, -0.05) is 13.0 Å². The van der Waals surface area contributed by atoms with Gasteiger partial charge in [0.25, 0.3) is 0 Å². The predicted octanol–water partition coefficient (Wildman–Crippen LogP) is 2.53. The Kier molecular flexibility index (Phi) is 5.55. The molecule has 2 amide bonds. The van der Waals surface area contributed by atoms with Crippen molar-refractivity contribution in [1.29, 1.82) is 0 Å². The van der Waals surface area contributed by atoms with Gasteiger partial charge in [-0.15, -0.1) is 0 Å². The van der Waals surface area contributed by atoms with Crippen molar-refractivity contribution < 1.29 is 18.7 Å². The lowest BCUT2D eigenvalue weighted by molar-refractivity contribution is 0.00390. The first-order valence-corrected chi connectivity index (χ1v) is 8.42. The zero-order valence-electron chi connectivity index (χ0n) is 14.5. The number of hydrogen-bond donors (Lipinski definition) is 1. The molecule has 1 aliphatic rings. The maximum Gasteiger partial charge on any atom is 0.318 e. The van der Waals surface area contributed by atoms with E-state index in [0.717, 1.165) is 23.6 Å². The van der Waals surface area contributed by atoms with Crippen LogP contribution < -0.4 is 10.1 Å². The Morgan fingerprint density at radius 2 is 2.28 bits per heavy atom. The summed E-state index contributed by atoms with van der Waals surface area (Å²) < 4.78 is 16.5. The van der Waals surface area contributed by atoms with Crippen molar-refractivity contribution in [2.24, 2.45) is 0 Å². The van der Waals surface area contributed by atoms with Gasteiger partial charge in [-0.05, 0) is 18.2 Å². The molecule has 1 aliphatic heterocycles. The number of pyridine rings is 1. The van der Waals surface area contributed by atoms with Crippen LogP contribution in [0.5, 0.6) is 5.88 Å². The van der Waals surface area contributed by atoms with E-state index in [1.54, 1.807) is 18.1 Å². The van der Waals surface area contributed by atoms with Crippen molar-refractivity contribution in [3.63, 3.8) is 0 Å². The van der Waals surface area contributed by atoms with Gasteiger partial charge in [-0.2, -0.15) is 0 Å². The van der Waals surface area contributed by atoms with Gasteiger partial charge >= 0.3 is 6.03 Å². The number of aryl methyl sites for hydroxylation is 1. The number of amides is 2. The summed E-state index contributed by atoms with van der Waals surface area (Å²) in [6, 6.07) is 8.95. The molecule has 0 bridgehead atoms. The Balaban J connectivity index is 1.66. The quantitative estimate of drug-likeness (QED) is 0.901. The molecule has 7 heteroatoms. The Labute approximate surface area is 146 Å². The monoisotopic (exact) mass is 345 g/mol. The number of nitrogens with zero attached hydrogens (tertiary/aromatic N) is 2. The summed E-state index contributed by atoms with van der Waals surface area (Å²) in [5.41, 5.74) is 0.740. The van der Waals surface area contributed by atoms with Crippen LogP contribution >= 0.6 is 0 Å². The molecule has 25 heavy (non-hydrogen) atoms. The smallest absolute Gasteiger partial charge is 0.318 e. The van der Waals surface area contributed by atoms with Gasteiger partial charge in [0.1, 0.15) is 17.6 Å². The van der Waals surface area contributed by atoms with Crippen molar-refractivity contribution in [3.05, 3.63) is 47.5 Å². The van der Waals surface area contributed by atoms with Crippen molar-refractivity contribution >= 4 is 6.03 Å². The van der Waals surface area contributed by atoms with E-state index in [-0.39, 0.29) is 12.1 Å². The number of furan rings is 1. The molecule has 134 valence electrons. The Hall–Kier alpha value is -2.54. The molecule has 0 aliphatic carbocycles. The number of urea groups is 1. The van der Waals surface area contributed by atoms with Gasteiger partial charge in [0, 0.05) is 19.0 Å². The molecule has 1 N–H and O–H groups in total. The van der Waals surface area contributed by atoms with E-state index in [4.69, 9.17) is 13.9 Å². The third kappa shape index (κ3) is 4.11. The van der Waals surface area contributed by atoms with Gasteiger partial charge < -0.3 is 24.1 Å². The maximum atomic E-state index is 12.6. The number of morpholine rings is 1. The van der Waals surface area contributed by atoms with E-state index in [0.29, 0.717) is 32.2 Å². The highest BCUT2D eigenvalue weighted by Gasteiger charge is 2.30. The highest BCUT2D eigenvalue weighted by Crippen LogP contribution is 2.26. The number of hydrogen-bond acceptors (Lipinski definition) is 5. The average Bonchev–Trinajstić information content (AvgIpc) is 3.15. The third-order valence-corrected chi connectivity index (χ3v) is 4.16. The first-order chi connectivity index (χ1) is 12.2. The number of ether oxygens (including phenoxy) is 2. The fourth-order valence-corrected chi connectivity index (χ4v) is 2.78. The van der Waals surface area contributed by atoms with Gasteiger partial charge in [-0.3, -0.25) is 0 Å². The fraction of sp³-hybridized carbons (Fsp3) is 0.444. The first kappa shape index (κ1) is 17.3. The van der Waals surface area contributed by atoms with Gasteiger partial charge in [0.05, 0.1) is 32.6 Å².